The third kappa shape index (κ3) is 5.25. The highest BCUT2D eigenvalue weighted by Crippen LogP contribution is 2.38. The second-order valence-electron chi connectivity index (χ2n) is 8.56. The first-order valence-corrected chi connectivity index (χ1v) is 13.5. The van der Waals surface area contributed by atoms with Crippen LogP contribution >= 0.6 is 11.3 Å². The largest absolute Gasteiger partial charge is 0.416 e. The highest BCUT2D eigenvalue weighted by Gasteiger charge is 2.36. The maximum absolute atomic E-state index is 13.6. The summed E-state index contributed by atoms with van der Waals surface area (Å²) in [7, 11) is -4.40. The van der Waals surface area contributed by atoms with Crippen molar-refractivity contribution < 1.29 is 26.4 Å². The summed E-state index contributed by atoms with van der Waals surface area (Å²) >= 11 is 1.62. The van der Waals surface area contributed by atoms with Crippen LogP contribution in [0.4, 0.5) is 13.2 Å². The van der Waals surface area contributed by atoms with E-state index in [9.17, 15) is 26.4 Å². The van der Waals surface area contributed by atoms with Gasteiger partial charge in [0.1, 0.15) is 0 Å². The molecule has 0 radical (unpaired) electrons. The van der Waals surface area contributed by atoms with Crippen molar-refractivity contribution in [3.63, 3.8) is 0 Å². The van der Waals surface area contributed by atoms with Crippen molar-refractivity contribution in [1.29, 1.82) is 0 Å². The molecule has 5 nitrogen and oxygen atoms in total. The summed E-state index contributed by atoms with van der Waals surface area (Å²) in [4.78, 5) is 15.9. The molecule has 0 spiro atoms. The fraction of sp³-hybridized carbons (Fsp3) is 0.269. The predicted molar refractivity (Wildman–Crippen MR) is 133 cm³/mol. The zero-order valence-corrected chi connectivity index (χ0v) is 21.2. The summed E-state index contributed by atoms with van der Waals surface area (Å²) in [6, 6.07) is 13.0. The van der Waals surface area contributed by atoms with Gasteiger partial charge in [0.25, 0.3) is 0 Å². The first-order chi connectivity index (χ1) is 17.0. The van der Waals surface area contributed by atoms with E-state index in [1.165, 1.54) is 11.0 Å². The quantitative estimate of drug-likeness (QED) is 0.380. The standard InChI is InChI=1S/C26H25F3N2O3S2/c1-3-13-30(36(33,34)21-6-4-5-20(16-21)26(27,28)29)17-24(32)31-14-11-23-22(12-15-35-23)25(31)19-9-7-18(2)8-10-19/h3-10,12,15-16,25H,1,11,13-14,17H2,2H3. The van der Waals surface area contributed by atoms with Gasteiger partial charge in [-0.05, 0) is 54.1 Å². The normalized spacial score (nSPS) is 16.1. The van der Waals surface area contributed by atoms with Crippen molar-refractivity contribution in [3.8, 4) is 0 Å². The Kier molecular flexibility index (Phi) is 7.40. The molecule has 1 amide bonds. The maximum atomic E-state index is 13.6. The lowest BCUT2D eigenvalue weighted by atomic mass is 9.92. The molecule has 10 heteroatoms. The third-order valence-corrected chi connectivity index (χ3v) is 8.93. The Morgan fingerprint density at radius 3 is 2.58 bits per heavy atom. The molecule has 1 unspecified atom stereocenters. The molecule has 0 fully saturated rings. The zero-order chi connectivity index (χ0) is 26.1. The molecule has 2 aromatic carbocycles. The molecule has 0 bridgehead atoms. The van der Waals surface area contributed by atoms with E-state index < -0.39 is 39.1 Å². The Labute approximate surface area is 212 Å². The molecular formula is C26H25F3N2O3S2. The number of benzene rings is 2. The number of alkyl halides is 3. The summed E-state index contributed by atoms with van der Waals surface area (Å²) < 4.78 is 67.1. The third-order valence-electron chi connectivity index (χ3n) is 6.12. The van der Waals surface area contributed by atoms with E-state index in [-0.39, 0.29) is 12.6 Å². The van der Waals surface area contributed by atoms with Crippen LogP contribution in [0.3, 0.4) is 0 Å². The van der Waals surface area contributed by atoms with Crippen molar-refractivity contribution >= 4 is 27.3 Å². The van der Waals surface area contributed by atoms with Gasteiger partial charge in [-0.25, -0.2) is 8.42 Å². The molecule has 1 atom stereocenters. The van der Waals surface area contributed by atoms with Crippen LogP contribution in [0.5, 0.6) is 0 Å². The van der Waals surface area contributed by atoms with Crippen LogP contribution in [0.1, 0.15) is 33.2 Å². The van der Waals surface area contributed by atoms with E-state index in [2.05, 4.69) is 6.58 Å². The number of nitrogens with zero attached hydrogens (tertiary/aromatic N) is 2. The van der Waals surface area contributed by atoms with Crippen LogP contribution in [-0.2, 0) is 27.4 Å². The second-order valence-corrected chi connectivity index (χ2v) is 11.5. The number of sulfonamides is 1. The molecule has 36 heavy (non-hydrogen) atoms. The lowest BCUT2D eigenvalue weighted by molar-refractivity contribution is -0.137. The molecule has 0 N–H and O–H groups in total. The van der Waals surface area contributed by atoms with Gasteiger partial charge in [-0.3, -0.25) is 4.79 Å². The minimum Gasteiger partial charge on any atom is -0.330 e. The highest BCUT2D eigenvalue weighted by atomic mass is 32.2. The fourth-order valence-corrected chi connectivity index (χ4v) is 6.62. The molecule has 3 aromatic rings. The number of fused-ring (bicyclic) bond motifs is 1. The van der Waals surface area contributed by atoms with Gasteiger partial charge >= 0.3 is 6.18 Å². The van der Waals surface area contributed by atoms with Gasteiger partial charge in [0.2, 0.25) is 15.9 Å². The summed E-state index contributed by atoms with van der Waals surface area (Å²) in [5.74, 6) is -0.435. The van der Waals surface area contributed by atoms with E-state index in [0.717, 1.165) is 39.2 Å². The van der Waals surface area contributed by atoms with E-state index in [0.29, 0.717) is 19.0 Å². The summed E-state index contributed by atoms with van der Waals surface area (Å²) in [6.07, 6.45) is -2.75. The number of hydrogen-bond donors (Lipinski definition) is 0. The van der Waals surface area contributed by atoms with Crippen LogP contribution < -0.4 is 0 Å². The smallest absolute Gasteiger partial charge is 0.330 e. The van der Waals surface area contributed by atoms with Gasteiger partial charge < -0.3 is 4.90 Å². The van der Waals surface area contributed by atoms with E-state index in [1.54, 1.807) is 16.2 Å². The van der Waals surface area contributed by atoms with Crippen molar-refractivity contribution in [2.24, 2.45) is 0 Å². The van der Waals surface area contributed by atoms with Gasteiger partial charge in [-0.15, -0.1) is 17.9 Å². The van der Waals surface area contributed by atoms with E-state index in [4.69, 9.17) is 0 Å². The van der Waals surface area contributed by atoms with Gasteiger partial charge in [0.15, 0.2) is 0 Å². The first kappa shape index (κ1) is 26.1. The average Bonchev–Trinajstić information content (AvgIpc) is 3.32. The molecule has 4 rings (SSSR count). The van der Waals surface area contributed by atoms with Crippen LogP contribution in [0.25, 0.3) is 0 Å². The second kappa shape index (κ2) is 10.2. The minimum absolute atomic E-state index is 0.225. The molecule has 1 aromatic heterocycles. The first-order valence-electron chi connectivity index (χ1n) is 11.2. The molecule has 190 valence electrons. The van der Waals surface area contributed by atoms with Crippen LogP contribution in [-0.4, -0.2) is 43.2 Å². The average molecular weight is 535 g/mol. The predicted octanol–water partition coefficient (Wildman–Crippen LogP) is 5.43. The number of amides is 1. The highest BCUT2D eigenvalue weighted by molar-refractivity contribution is 7.89. The molecule has 2 heterocycles. The fourth-order valence-electron chi connectivity index (χ4n) is 4.31. The number of halogens is 3. The van der Waals surface area contributed by atoms with Gasteiger partial charge in [-0.2, -0.15) is 17.5 Å². The number of carbonyl (C=O) groups excluding carboxylic acids is 1. The van der Waals surface area contributed by atoms with Crippen molar-refractivity contribution in [1.82, 2.24) is 9.21 Å². The van der Waals surface area contributed by atoms with Crippen molar-refractivity contribution in [3.05, 3.63) is 99.8 Å². The monoisotopic (exact) mass is 534 g/mol. The lowest BCUT2D eigenvalue weighted by Crippen LogP contribution is -2.46. The molecule has 0 saturated heterocycles. The Bertz CT molecular complexity index is 1370. The summed E-state index contributed by atoms with van der Waals surface area (Å²) in [5.41, 5.74) is 1.90. The Hall–Kier alpha value is -2.95. The molecule has 1 aliphatic rings. The number of rotatable bonds is 7. The maximum Gasteiger partial charge on any atom is 0.416 e. The number of carbonyl (C=O) groups is 1. The molecule has 0 saturated carbocycles. The summed E-state index contributed by atoms with van der Waals surface area (Å²) in [6.45, 7) is 5.19. The van der Waals surface area contributed by atoms with E-state index >= 15 is 0 Å². The van der Waals surface area contributed by atoms with Gasteiger partial charge in [0.05, 0.1) is 23.0 Å². The Morgan fingerprint density at radius 1 is 1.19 bits per heavy atom. The Balaban J connectivity index is 1.66. The molecule has 0 aliphatic carbocycles. The van der Waals surface area contributed by atoms with Crippen LogP contribution in [0, 0.1) is 6.92 Å². The Morgan fingerprint density at radius 2 is 1.92 bits per heavy atom. The topological polar surface area (TPSA) is 57.7 Å². The minimum atomic E-state index is -4.70. The van der Waals surface area contributed by atoms with Crippen molar-refractivity contribution in [2.45, 2.75) is 30.5 Å². The number of hydrogen-bond acceptors (Lipinski definition) is 4. The number of thiophene rings is 1. The van der Waals surface area contributed by atoms with E-state index in [1.807, 2.05) is 42.6 Å². The molecule has 1 aliphatic heterocycles. The zero-order valence-electron chi connectivity index (χ0n) is 19.5. The number of aryl methyl sites for hydroxylation is 1. The van der Waals surface area contributed by atoms with Gasteiger partial charge in [-0.1, -0.05) is 42.0 Å². The SMILES string of the molecule is C=CCN(CC(=O)N1CCc2sccc2C1c1ccc(C)cc1)S(=O)(=O)c1cccc(C(F)(F)F)c1. The van der Waals surface area contributed by atoms with Crippen LogP contribution in [0.2, 0.25) is 0 Å². The van der Waals surface area contributed by atoms with Crippen LogP contribution in [0.15, 0.2) is 77.5 Å². The summed E-state index contributed by atoms with van der Waals surface area (Å²) in [5, 5.41) is 1.97. The lowest BCUT2D eigenvalue weighted by Gasteiger charge is -2.37. The van der Waals surface area contributed by atoms with Crippen molar-refractivity contribution in [2.75, 3.05) is 19.6 Å². The van der Waals surface area contributed by atoms with Gasteiger partial charge in [0, 0.05) is 18.0 Å². The molecular weight excluding hydrogens is 509 g/mol.